The first-order chi connectivity index (χ1) is 9.38. The molecular formula is C13H22N2O4S2. The average molecular weight is 334 g/mol. The van der Waals surface area contributed by atoms with E-state index in [1.54, 1.807) is 0 Å². The van der Waals surface area contributed by atoms with Crippen LogP contribution in [0.5, 0.6) is 0 Å². The number of nitrogens with one attached hydrogen (secondary N) is 1. The monoisotopic (exact) mass is 334 g/mol. The molecule has 21 heavy (non-hydrogen) atoms. The van der Waals surface area contributed by atoms with Crippen molar-refractivity contribution in [2.45, 2.75) is 37.5 Å². The largest absolute Gasteiger partial charge is 0.241 e. The molecule has 6 nitrogen and oxygen atoms in total. The molecule has 0 aliphatic rings. The molecule has 0 radical (unpaired) electrons. The Bertz CT molecular complexity index is 707. The molecule has 0 saturated carbocycles. The molecule has 0 fully saturated rings. The van der Waals surface area contributed by atoms with Crippen LogP contribution in [0, 0.1) is 11.3 Å². The lowest BCUT2D eigenvalue weighted by atomic mass is 9.81. The molecule has 0 heterocycles. The van der Waals surface area contributed by atoms with E-state index in [-0.39, 0.29) is 22.8 Å². The summed E-state index contributed by atoms with van der Waals surface area (Å²) in [7, 11) is -8.06. The summed E-state index contributed by atoms with van der Waals surface area (Å²) in [6, 6.07) is 5.29. The molecule has 0 aromatic heterocycles. The Balaban J connectivity index is 3.17. The van der Waals surface area contributed by atoms with Gasteiger partial charge < -0.3 is 0 Å². The van der Waals surface area contributed by atoms with Crippen LogP contribution in [0.4, 0.5) is 0 Å². The van der Waals surface area contributed by atoms with E-state index in [9.17, 15) is 16.8 Å². The maximum atomic E-state index is 12.3. The molecule has 0 saturated heterocycles. The Hall–Kier alpha value is -0.960. The fraction of sp³-hybridized carbons (Fsp3) is 0.538. The highest BCUT2D eigenvalue weighted by Gasteiger charge is 2.28. The molecule has 0 aliphatic carbocycles. The summed E-state index contributed by atoms with van der Waals surface area (Å²) in [4.78, 5) is -0.730. The standard InChI is InChI=1S/C13H22N2O4S2/c1-10(2)13(3,4)9-15-21(18,19)12-8-6-5-7-11(12)20(14,16)17/h5-8,10,15H,9H2,1-4H3,(H2,14,16,17). The first-order valence-electron chi connectivity index (χ1n) is 6.49. The van der Waals surface area contributed by atoms with Crippen LogP contribution in [-0.4, -0.2) is 23.4 Å². The zero-order chi connectivity index (χ0) is 16.5. The van der Waals surface area contributed by atoms with Gasteiger partial charge in [0.05, 0.1) is 0 Å². The van der Waals surface area contributed by atoms with Gasteiger partial charge >= 0.3 is 0 Å². The molecule has 3 N–H and O–H groups in total. The van der Waals surface area contributed by atoms with Gasteiger partial charge in [-0.05, 0) is 23.5 Å². The Morgan fingerprint density at radius 2 is 1.57 bits per heavy atom. The molecule has 0 unspecified atom stereocenters. The third-order valence-corrected chi connectivity index (χ3v) is 6.28. The molecule has 0 amide bonds. The predicted molar refractivity (Wildman–Crippen MR) is 81.6 cm³/mol. The minimum atomic E-state index is -4.11. The lowest BCUT2D eigenvalue weighted by molar-refractivity contribution is 0.252. The fourth-order valence-electron chi connectivity index (χ4n) is 1.47. The van der Waals surface area contributed by atoms with Gasteiger partial charge in [0.15, 0.2) is 0 Å². The minimum absolute atomic E-state index is 0.200. The van der Waals surface area contributed by atoms with E-state index in [1.807, 2.05) is 27.7 Å². The summed E-state index contributed by atoms with van der Waals surface area (Å²) >= 11 is 0. The van der Waals surface area contributed by atoms with E-state index in [1.165, 1.54) is 24.3 Å². The van der Waals surface area contributed by atoms with Gasteiger partial charge in [-0.15, -0.1) is 0 Å². The van der Waals surface area contributed by atoms with Gasteiger partial charge in [0, 0.05) is 6.54 Å². The van der Waals surface area contributed by atoms with E-state index < -0.39 is 24.9 Å². The second kappa shape index (κ2) is 6.04. The second-order valence-electron chi connectivity index (χ2n) is 5.96. The number of primary sulfonamides is 1. The van der Waals surface area contributed by atoms with Gasteiger partial charge in [0.2, 0.25) is 20.0 Å². The van der Waals surface area contributed by atoms with Crippen LogP contribution in [0.25, 0.3) is 0 Å². The highest BCUT2D eigenvalue weighted by atomic mass is 32.2. The Labute approximate surface area is 126 Å². The molecule has 0 atom stereocenters. The Morgan fingerprint density at radius 1 is 1.10 bits per heavy atom. The summed E-state index contributed by atoms with van der Waals surface area (Å²) in [5.41, 5.74) is -0.260. The molecule has 1 aromatic rings. The second-order valence-corrected chi connectivity index (χ2v) is 9.22. The third-order valence-electron chi connectivity index (χ3n) is 3.73. The van der Waals surface area contributed by atoms with E-state index in [0.717, 1.165) is 0 Å². The summed E-state index contributed by atoms with van der Waals surface area (Å²) in [6.07, 6.45) is 0. The Morgan fingerprint density at radius 3 is 2.00 bits per heavy atom. The zero-order valence-corrected chi connectivity index (χ0v) is 14.3. The van der Waals surface area contributed by atoms with E-state index in [2.05, 4.69) is 4.72 Å². The van der Waals surface area contributed by atoms with Crippen molar-refractivity contribution in [2.24, 2.45) is 16.5 Å². The van der Waals surface area contributed by atoms with Crippen molar-refractivity contribution in [1.82, 2.24) is 4.72 Å². The third kappa shape index (κ3) is 4.50. The molecule has 1 rings (SSSR count). The number of hydrogen-bond donors (Lipinski definition) is 2. The van der Waals surface area contributed by atoms with Crippen molar-refractivity contribution in [1.29, 1.82) is 0 Å². The van der Waals surface area contributed by atoms with Crippen LogP contribution in [-0.2, 0) is 20.0 Å². The molecular weight excluding hydrogens is 312 g/mol. The van der Waals surface area contributed by atoms with Crippen molar-refractivity contribution >= 4 is 20.0 Å². The summed E-state index contributed by atoms with van der Waals surface area (Å²) in [5.74, 6) is 0.258. The number of nitrogens with two attached hydrogens (primary N) is 1. The highest BCUT2D eigenvalue weighted by molar-refractivity contribution is 7.92. The predicted octanol–water partition coefficient (Wildman–Crippen LogP) is 1.29. The van der Waals surface area contributed by atoms with Crippen LogP contribution in [0.2, 0.25) is 0 Å². The number of hydrogen-bond acceptors (Lipinski definition) is 4. The van der Waals surface area contributed by atoms with Crippen molar-refractivity contribution in [3.8, 4) is 0 Å². The average Bonchev–Trinajstić information content (AvgIpc) is 2.35. The van der Waals surface area contributed by atoms with Crippen molar-refractivity contribution in [2.75, 3.05) is 6.54 Å². The lowest BCUT2D eigenvalue weighted by Crippen LogP contribution is -2.37. The molecule has 8 heteroatoms. The summed E-state index contributed by atoms with van der Waals surface area (Å²) in [6.45, 7) is 8.06. The molecule has 1 aromatic carbocycles. The molecule has 0 spiro atoms. The maximum Gasteiger partial charge on any atom is 0.241 e. The van der Waals surface area contributed by atoms with Crippen molar-refractivity contribution in [3.05, 3.63) is 24.3 Å². The SMILES string of the molecule is CC(C)C(C)(C)CNS(=O)(=O)c1ccccc1S(N)(=O)=O. The van der Waals surface area contributed by atoms with Gasteiger partial charge in [-0.1, -0.05) is 39.8 Å². The van der Waals surface area contributed by atoms with Crippen LogP contribution < -0.4 is 9.86 Å². The van der Waals surface area contributed by atoms with Crippen LogP contribution in [0.3, 0.4) is 0 Å². The van der Waals surface area contributed by atoms with Crippen LogP contribution in [0.1, 0.15) is 27.7 Å². The van der Waals surface area contributed by atoms with Crippen molar-refractivity contribution in [3.63, 3.8) is 0 Å². The maximum absolute atomic E-state index is 12.3. The lowest BCUT2D eigenvalue weighted by Gasteiger charge is -2.29. The van der Waals surface area contributed by atoms with E-state index >= 15 is 0 Å². The fourth-order valence-corrected chi connectivity index (χ4v) is 4.07. The minimum Gasteiger partial charge on any atom is -0.225 e. The zero-order valence-electron chi connectivity index (χ0n) is 12.6. The Kier molecular flexibility index (Phi) is 5.20. The number of benzene rings is 1. The van der Waals surface area contributed by atoms with Crippen LogP contribution >= 0.6 is 0 Å². The summed E-state index contributed by atoms with van der Waals surface area (Å²) < 4.78 is 50.1. The molecule has 0 aliphatic heterocycles. The van der Waals surface area contributed by atoms with E-state index in [4.69, 9.17) is 5.14 Å². The van der Waals surface area contributed by atoms with Gasteiger partial charge in [-0.2, -0.15) is 0 Å². The van der Waals surface area contributed by atoms with Gasteiger partial charge in [0.1, 0.15) is 9.79 Å². The first-order valence-corrected chi connectivity index (χ1v) is 9.52. The topological polar surface area (TPSA) is 106 Å². The molecule has 0 bridgehead atoms. The normalized spacial score (nSPS) is 13.6. The van der Waals surface area contributed by atoms with E-state index in [0.29, 0.717) is 0 Å². The molecule has 120 valence electrons. The highest BCUT2D eigenvalue weighted by Crippen LogP contribution is 2.26. The quantitative estimate of drug-likeness (QED) is 0.817. The first kappa shape index (κ1) is 18.1. The number of sulfonamides is 2. The van der Waals surface area contributed by atoms with Gasteiger partial charge in [-0.25, -0.2) is 26.7 Å². The summed E-state index contributed by atoms with van der Waals surface area (Å²) in [5, 5.41) is 5.06. The van der Waals surface area contributed by atoms with Gasteiger partial charge in [0.25, 0.3) is 0 Å². The van der Waals surface area contributed by atoms with Crippen molar-refractivity contribution < 1.29 is 16.8 Å². The van der Waals surface area contributed by atoms with Gasteiger partial charge in [-0.3, -0.25) is 0 Å². The number of rotatable bonds is 6. The van der Waals surface area contributed by atoms with Crippen LogP contribution in [0.15, 0.2) is 34.1 Å². The smallest absolute Gasteiger partial charge is 0.225 e.